The number of nitrogens with zero attached hydrogens (tertiary/aromatic N) is 6. The van der Waals surface area contributed by atoms with Crippen molar-refractivity contribution in [3.05, 3.63) is 46.5 Å². The number of pyridine rings is 1. The van der Waals surface area contributed by atoms with E-state index in [0.29, 0.717) is 28.5 Å². The molecule has 10 heteroatoms. The van der Waals surface area contributed by atoms with Crippen LogP contribution in [0.15, 0.2) is 36.1 Å². The van der Waals surface area contributed by atoms with Gasteiger partial charge >= 0.3 is 5.97 Å². The van der Waals surface area contributed by atoms with Crippen molar-refractivity contribution >= 4 is 23.1 Å². The normalized spacial score (nSPS) is 10.1. The predicted molar refractivity (Wildman–Crippen MR) is 84.8 cm³/mol. The SMILES string of the molecule is N#Cc1cccnc1NCCOC(=O)c1sccc1-n1cnnn1. The molecule has 0 atom stereocenters. The number of tetrazole rings is 1. The summed E-state index contributed by atoms with van der Waals surface area (Å²) in [5, 5.41) is 24.6. The Hall–Kier alpha value is -3.32. The van der Waals surface area contributed by atoms with Crippen LogP contribution in [-0.2, 0) is 4.74 Å². The van der Waals surface area contributed by atoms with Crippen molar-refractivity contribution in [2.24, 2.45) is 0 Å². The van der Waals surface area contributed by atoms with E-state index in [1.807, 2.05) is 6.07 Å². The summed E-state index contributed by atoms with van der Waals surface area (Å²) in [6.45, 7) is 0.468. The Kier molecular flexibility index (Phi) is 4.73. The van der Waals surface area contributed by atoms with E-state index in [1.165, 1.54) is 22.3 Å². The zero-order valence-electron chi connectivity index (χ0n) is 12.3. The second-order valence-electron chi connectivity index (χ2n) is 4.46. The summed E-state index contributed by atoms with van der Waals surface area (Å²) in [6, 6.07) is 7.12. The zero-order chi connectivity index (χ0) is 16.8. The summed E-state index contributed by atoms with van der Waals surface area (Å²) in [5.74, 6) is 0.000351. The summed E-state index contributed by atoms with van der Waals surface area (Å²) in [5.41, 5.74) is 1.00. The fourth-order valence-electron chi connectivity index (χ4n) is 1.92. The number of nitrogens with one attached hydrogen (secondary N) is 1. The predicted octanol–water partition coefficient (Wildman–Crippen LogP) is 1.26. The van der Waals surface area contributed by atoms with Crippen LogP contribution in [0.1, 0.15) is 15.2 Å². The Bertz CT molecular complexity index is 869. The van der Waals surface area contributed by atoms with Crippen molar-refractivity contribution in [3.63, 3.8) is 0 Å². The first kappa shape index (κ1) is 15.6. The maximum absolute atomic E-state index is 12.2. The molecule has 0 aliphatic carbocycles. The molecular formula is C14H11N7O2S. The third-order valence-corrected chi connectivity index (χ3v) is 3.87. The van der Waals surface area contributed by atoms with E-state index in [1.54, 1.807) is 29.8 Å². The highest BCUT2D eigenvalue weighted by Gasteiger charge is 2.16. The highest BCUT2D eigenvalue weighted by Crippen LogP contribution is 2.20. The molecule has 9 nitrogen and oxygen atoms in total. The summed E-state index contributed by atoms with van der Waals surface area (Å²) in [7, 11) is 0. The highest BCUT2D eigenvalue weighted by atomic mass is 32.1. The number of carbonyl (C=O) groups is 1. The molecule has 1 N–H and O–H groups in total. The fraction of sp³-hybridized carbons (Fsp3) is 0.143. The number of nitriles is 1. The number of carbonyl (C=O) groups excluding carboxylic acids is 1. The van der Waals surface area contributed by atoms with Gasteiger partial charge in [-0.15, -0.1) is 16.4 Å². The smallest absolute Gasteiger partial charge is 0.350 e. The van der Waals surface area contributed by atoms with Crippen LogP contribution in [0.4, 0.5) is 5.82 Å². The van der Waals surface area contributed by atoms with Crippen LogP contribution in [-0.4, -0.2) is 44.3 Å². The molecule has 120 valence electrons. The Morgan fingerprint density at radius 2 is 2.38 bits per heavy atom. The van der Waals surface area contributed by atoms with E-state index in [2.05, 4.69) is 25.8 Å². The first-order chi connectivity index (χ1) is 11.8. The topological polar surface area (TPSA) is 119 Å². The number of esters is 1. The van der Waals surface area contributed by atoms with Crippen LogP contribution < -0.4 is 5.32 Å². The Morgan fingerprint density at radius 1 is 1.46 bits per heavy atom. The molecule has 0 radical (unpaired) electrons. The third kappa shape index (κ3) is 3.36. The van der Waals surface area contributed by atoms with Gasteiger partial charge in [0.15, 0.2) is 0 Å². The molecular weight excluding hydrogens is 330 g/mol. The molecule has 0 amide bonds. The maximum atomic E-state index is 12.2. The number of aromatic nitrogens is 5. The van der Waals surface area contributed by atoms with E-state index in [4.69, 9.17) is 10.00 Å². The lowest BCUT2D eigenvalue weighted by atomic mass is 10.3. The van der Waals surface area contributed by atoms with E-state index in [0.717, 1.165) is 0 Å². The summed E-state index contributed by atoms with van der Waals surface area (Å²) < 4.78 is 6.64. The molecule has 0 aliphatic rings. The van der Waals surface area contributed by atoms with Crippen LogP contribution in [0.3, 0.4) is 0 Å². The maximum Gasteiger partial charge on any atom is 0.350 e. The molecule has 0 fully saturated rings. The van der Waals surface area contributed by atoms with Gasteiger partial charge in [-0.05, 0) is 34.0 Å². The molecule has 24 heavy (non-hydrogen) atoms. The molecule has 0 spiro atoms. The van der Waals surface area contributed by atoms with Crippen molar-refractivity contribution in [2.75, 3.05) is 18.5 Å². The average molecular weight is 341 g/mol. The standard InChI is InChI=1S/C14H11N7O2S/c15-8-10-2-1-4-16-13(10)17-5-6-23-14(22)12-11(3-7-24-12)21-9-18-19-20-21/h1-4,7,9H,5-6H2,(H,16,17). The van der Waals surface area contributed by atoms with Gasteiger partial charge in [0.1, 0.15) is 29.7 Å². The minimum atomic E-state index is -0.459. The monoisotopic (exact) mass is 341 g/mol. The van der Waals surface area contributed by atoms with Gasteiger partial charge < -0.3 is 10.1 Å². The molecule has 0 saturated heterocycles. The second-order valence-corrected chi connectivity index (χ2v) is 5.38. The zero-order valence-corrected chi connectivity index (χ0v) is 13.1. The second kappa shape index (κ2) is 7.30. The minimum absolute atomic E-state index is 0.132. The lowest BCUT2D eigenvalue weighted by Crippen LogP contribution is -2.15. The number of rotatable bonds is 6. The van der Waals surface area contributed by atoms with E-state index >= 15 is 0 Å². The summed E-state index contributed by atoms with van der Waals surface area (Å²) in [6.07, 6.45) is 2.99. The van der Waals surface area contributed by atoms with Gasteiger partial charge in [0, 0.05) is 6.20 Å². The van der Waals surface area contributed by atoms with Crippen LogP contribution in [0.25, 0.3) is 5.69 Å². The van der Waals surface area contributed by atoms with E-state index in [9.17, 15) is 4.79 Å². The van der Waals surface area contributed by atoms with Crippen molar-refractivity contribution in [2.45, 2.75) is 0 Å². The molecule has 3 aromatic heterocycles. The fourth-order valence-corrected chi connectivity index (χ4v) is 2.69. The van der Waals surface area contributed by atoms with Crippen LogP contribution in [0.2, 0.25) is 0 Å². The number of thiophene rings is 1. The van der Waals surface area contributed by atoms with Gasteiger partial charge in [-0.3, -0.25) is 0 Å². The first-order valence-corrected chi connectivity index (χ1v) is 7.74. The van der Waals surface area contributed by atoms with Gasteiger partial charge in [0.05, 0.1) is 17.8 Å². The van der Waals surface area contributed by atoms with Gasteiger partial charge in [0.25, 0.3) is 0 Å². The number of hydrogen-bond donors (Lipinski definition) is 1. The minimum Gasteiger partial charge on any atom is -0.460 e. The molecule has 0 aliphatic heterocycles. The molecule has 0 saturated carbocycles. The van der Waals surface area contributed by atoms with E-state index < -0.39 is 5.97 Å². The Balaban J connectivity index is 1.56. The van der Waals surface area contributed by atoms with Gasteiger partial charge in [0.2, 0.25) is 0 Å². The molecule has 0 bridgehead atoms. The average Bonchev–Trinajstić information content (AvgIpc) is 3.29. The first-order valence-electron chi connectivity index (χ1n) is 6.86. The van der Waals surface area contributed by atoms with Gasteiger partial charge in [-0.2, -0.15) is 9.94 Å². The van der Waals surface area contributed by atoms with Crippen molar-refractivity contribution < 1.29 is 9.53 Å². The number of hydrogen-bond acceptors (Lipinski definition) is 9. The Labute approximate surface area is 140 Å². The highest BCUT2D eigenvalue weighted by molar-refractivity contribution is 7.12. The number of anilines is 1. The molecule has 3 heterocycles. The molecule has 0 aromatic carbocycles. The van der Waals surface area contributed by atoms with Gasteiger partial charge in [-0.25, -0.2) is 9.78 Å². The van der Waals surface area contributed by atoms with Crippen LogP contribution in [0, 0.1) is 11.3 Å². The van der Waals surface area contributed by atoms with Crippen LogP contribution in [0.5, 0.6) is 0 Å². The quantitative estimate of drug-likeness (QED) is 0.526. The molecule has 0 unspecified atom stereocenters. The summed E-state index contributed by atoms with van der Waals surface area (Å²) in [4.78, 5) is 16.6. The van der Waals surface area contributed by atoms with E-state index in [-0.39, 0.29) is 6.61 Å². The van der Waals surface area contributed by atoms with Crippen molar-refractivity contribution in [3.8, 4) is 11.8 Å². The van der Waals surface area contributed by atoms with Crippen molar-refractivity contribution in [1.82, 2.24) is 25.2 Å². The number of ether oxygens (including phenoxy) is 1. The Morgan fingerprint density at radius 3 is 3.17 bits per heavy atom. The molecule has 3 rings (SSSR count). The lowest BCUT2D eigenvalue weighted by Gasteiger charge is -2.08. The van der Waals surface area contributed by atoms with Gasteiger partial charge in [-0.1, -0.05) is 0 Å². The molecule has 3 aromatic rings. The van der Waals surface area contributed by atoms with Crippen molar-refractivity contribution in [1.29, 1.82) is 5.26 Å². The summed E-state index contributed by atoms with van der Waals surface area (Å²) >= 11 is 1.25. The lowest BCUT2D eigenvalue weighted by molar-refractivity contribution is 0.0526. The van der Waals surface area contributed by atoms with Crippen LogP contribution >= 0.6 is 11.3 Å². The third-order valence-electron chi connectivity index (χ3n) is 2.98. The largest absolute Gasteiger partial charge is 0.460 e.